The maximum atomic E-state index is 12.3. The highest BCUT2D eigenvalue weighted by atomic mass is 32.2. The van der Waals surface area contributed by atoms with Crippen LogP contribution < -0.4 is 10.0 Å². The van der Waals surface area contributed by atoms with Gasteiger partial charge in [-0.05, 0) is 13.0 Å². The fourth-order valence-electron chi connectivity index (χ4n) is 1.65. The molecule has 0 fully saturated rings. The van der Waals surface area contributed by atoms with E-state index < -0.39 is 14.9 Å². The van der Waals surface area contributed by atoms with E-state index in [4.69, 9.17) is 4.52 Å². The number of nitrogens with one attached hydrogen (secondary N) is 2. The average Bonchev–Trinajstić information content (AvgIpc) is 2.82. The number of anilines is 2. The number of aryl methyl sites for hydroxylation is 1. The van der Waals surface area contributed by atoms with Gasteiger partial charge in [-0.3, -0.25) is 10.1 Å². The van der Waals surface area contributed by atoms with E-state index in [2.05, 4.69) is 15.2 Å². The van der Waals surface area contributed by atoms with Crippen molar-refractivity contribution in [3.63, 3.8) is 0 Å². The lowest BCUT2D eigenvalue weighted by Gasteiger charge is -2.10. The molecule has 0 amide bonds. The van der Waals surface area contributed by atoms with Crippen LogP contribution in [0.4, 0.5) is 17.3 Å². The summed E-state index contributed by atoms with van der Waals surface area (Å²) >= 11 is 0. The Bertz CT molecular complexity index is 784. The van der Waals surface area contributed by atoms with Crippen LogP contribution in [0.1, 0.15) is 5.69 Å². The molecule has 2 aromatic rings. The largest absolute Gasteiger partial charge is 0.387 e. The monoisotopic (exact) mass is 312 g/mol. The van der Waals surface area contributed by atoms with Crippen LogP contribution in [0.2, 0.25) is 0 Å². The molecule has 2 N–H and O–H groups in total. The summed E-state index contributed by atoms with van der Waals surface area (Å²) in [4.78, 5) is 9.86. The zero-order chi connectivity index (χ0) is 15.6. The molecule has 0 saturated heterocycles. The third kappa shape index (κ3) is 3.11. The molecule has 9 nitrogen and oxygen atoms in total. The van der Waals surface area contributed by atoms with E-state index in [-0.39, 0.29) is 22.2 Å². The third-order valence-corrected chi connectivity index (χ3v) is 3.98. The standard InChI is InChI=1S/C11H12N4O5S/c1-7-5-11(20-13-7)14-21(18,19)10-6-8(15(16)17)3-4-9(10)12-2/h3-6,12,14H,1-2H3. The molecule has 0 aliphatic rings. The van der Waals surface area contributed by atoms with E-state index in [1.54, 1.807) is 6.92 Å². The number of nitrogens with zero attached hydrogens (tertiary/aromatic N) is 2. The zero-order valence-electron chi connectivity index (χ0n) is 11.2. The van der Waals surface area contributed by atoms with Gasteiger partial charge in [-0.15, -0.1) is 0 Å². The van der Waals surface area contributed by atoms with Gasteiger partial charge in [-0.25, -0.2) is 13.1 Å². The smallest absolute Gasteiger partial charge is 0.270 e. The lowest BCUT2D eigenvalue weighted by Crippen LogP contribution is -2.14. The van der Waals surface area contributed by atoms with Gasteiger partial charge in [-0.1, -0.05) is 5.16 Å². The van der Waals surface area contributed by atoms with E-state index in [0.29, 0.717) is 5.69 Å². The van der Waals surface area contributed by atoms with Gasteiger partial charge >= 0.3 is 0 Å². The maximum absolute atomic E-state index is 12.3. The number of hydrogen-bond donors (Lipinski definition) is 2. The molecular weight excluding hydrogens is 300 g/mol. The lowest BCUT2D eigenvalue weighted by atomic mass is 10.3. The van der Waals surface area contributed by atoms with Crippen LogP contribution in [0.5, 0.6) is 0 Å². The van der Waals surface area contributed by atoms with Crippen molar-refractivity contribution in [1.82, 2.24) is 5.16 Å². The number of sulfonamides is 1. The van der Waals surface area contributed by atoms with E-state index in [1.807, 2.05) is 0 Å². The van der Waals surface area contributed by atoms with Gasteiger partial charge in [0.15, 0.2) is 0 Å². The summed E-state index contributed by atoms with van der Waals surface area (Å²) in [5.41, 5.74) is 0.396. The van der Waals surface area contributed by atoms with Crippen molar-refractivity contribution in [3.8, 4) is 0 Å². The van der Waals surface area contributed by atoms with Crippen LogP contribution in [0.25, 0.3) is 0 Å². The fraction of sp³-hybridized carbons (Fsp3) is 0.182. The maximum Gasteiger partial charge on any atom is 0.270 e. The second kappa shape index (κ2) is 5.40. The molecule has 1 aromatic heterocycles. The summed E-state index contributed by atoms with van der Waals surface area (Å²) < 4.78 is 31.6. The van der Waals surface area contributed by atoms with Gasteiger partial charge in [0.25, 0.3) is 15.7 Å². The molecule has 112 valence electrons. The Labute approximate surface area is 120 Å². The van der Waals surface area contributed by atoms with Gasteiger partial charge in [0.05, 0.1) is 16.3 Å². The summed E-state index contributed by atoms with van der Waals surface area (Å²) in [6.07, 6.45) is 0. The average molecular weight is 312 g/mol. The Kier molecular flexibility index (Phi) is 3.80. The Morgan fingerprint density at radius 3 is 2.57 bits per heavy atom. The van der Waals surface area contributed by atoms with Crippen LogP contribution in [0, 0.1) is 17.0 Å². The second-order valence-electron chi connectivity index (χ2n) is 4.13. The first kappa shape index (κ1) is 14.8. The minimum Gasteiger partial charge on any atom is -0.387 e. The number of nitro benzene ring substituents is 1. The summed E-state index contributed by atoms with van der Waals surface area (Å²) in [6.45, 7) is 1.63. The number of benzene rings is 1. The van der Waals surface area contributed by atoms with Crippen molar-refractivity contribution in [1.29, 1.82) is 0 Å². The number of aromatic nitrogens is 1. The highest BCUT2D eigenvalue weighted by molar-refractivity contribution is 7.92. The van der Waals surface area contributed by atoms with Crippen molar-refractivity contribution in [3.05, 3.63) is 40.1 Å². The van der Waals surface area contributed by atoms with Crippen molar-refractivity contribution < 1.29 is 17.9 Å². The van der Waals surface area contributed by atoms with Gasteiger partial charge < -0.3 is 9.84 Å². The van der Waals surface area contributed by atoms with Crippen molar-refractivity contribution in [2.45, 2.75) is 11.8 Å². The first-order chi connectivity index (χ1) is 9.83. The van der Waals surface area contributed by atoms with Crippen LogP contribution in [0.15, 0.2) is 33.7 Å². The van der Waals surface area contributed by atoms with Crippen LogP contribution in [-0.2, 0) is 10.0 Å². The van der Waals surface area contributed by atoms with E-state index in [0.717, 1.165) is 6.07 Å². The Balaban J connectivity index is 2.47. The summed E-state index contributed by atoms with van der Waals surface area (Å²) in [5, 5.41) is 17.0. The minimum absolute atomic E-state index is 0.0685. The molecule has 2 rings (SSSR count). The lowest BCUT2D eigenvalue weighted by molar-refractivity contribution is -0.385. The zero-order valence-corrected chi connectivity index (χ0v) is 12.0. The molecule has 21 heavy (non-hydrogen) atoms. The van der Waals surface area contributed by atoms with Gasteiger partial charge in [0, 0.05) is 25.2 Å². The molecule has 10 heteroatoms. The Hall–Kier alpha value is -2.62. The number of rotatable bonds is 5. The summed E-state index contributed by atoms with van der Waals surface area (Å²) in [6, 6.07) is 4.90. The highest BCUT2D eigenvalue weighted by Crippen LogP contribution is 2.27. The van der Waals surface area contributed by atoms with Gasteiger partial charge in [0.1, 0.15) is 4.90 Å². The molecule has 0 aliphatic heterocycles. The molecule has 0 aliphatic carbocycles. The second-order valence-corrected chi connectivity index (χ2v) is 5.78. The van der Waals surface area contributed by atoms with Crippen molar-refractivity contribution >= 4 is 27.3 Å². The summed E-state index contributed by atoms with van der Waals surface area (Å²) in [5.74, 6) is -0.0685. The minimum atomic E-state index is -4.05. The van der Waals surface area contributed by atoms with Crippen LogP contribution >= 0.6 is 0 Å². The van der Waals surface area contributed by atoms with Crippen LogP contribution in [0.3, 0.4) is 0 Å². The Morgan fingerprint density at radius 1 is 1.33 bits per heavy atom. The molecule has 0 spiro atoms. The van der Waals surface area contributed by atoms with E-state index in [9.17, 15) is 18.5 Å². The van der Waals surface area contributed by atoms with Crippen molar-refractivity contribution in [2.75, 3.05) is 17.1 Å². The number of non-ortho nitro benzene ring substituents is 1. The predicted molar refractivity (Wildman–Crippen MR) is 74.7 cm³/mol. The van der Waals surface area contributed by atoms with Crippen LogP contribution in [-0.4, -0.2) is 25.5 Å². The SMILES string of the molecule is CNc1ccc([N+](=O)[O-])cc1S(=O)(=O)Nc1cc(C)no1. The fourth-order valence-corrected chi connectivity index (χ4v) is 2.86. The molecule has 0 atom stereocenters. The molecular formula is C11H12N4O5S. The summed E-state index contributed by atoms with van der Waals surface area (Å²) in [7, 11) is -2.54. The highest BCUT2D eigenvalue weighted by Gasteiger charge is 2.23. The van der Waals surface area contributed by atoms with E-state index in [1.165, 1.54) is 25.2 Å². The van der Waals surface area contributed by atoms with Gasteiger partial charge in [-0.2, -0.15) is 0 Å². The molecule has 0 radical (unpaired) electrons. The number of nitro groups is 1. The van der Waals surface area contributed by atoms with Gasteiger partial charge in [0.2, 0.25) is 5.88 Å². The quantitative estimate of drug-likeness (QED) is 0.635. The number of hydrogen-bond acceptors (Lipinski definition) is 7. The molecule has 1 aromatic carbocycles. The molecule has 0 bridgehead atoms. The predicted octanol–water partition coefficient (Wildman–Crippen LogP) is 1.73. The topological polar surface area (TPSA) is 127 Å². The molecule has 0 saturated carbocycles. The molecule has 0 unspecified atom stereocenters. The first-order valence-corrected chi connectivity index (χ1v) is 7.24. The van der Waals surface area contributed by atoms with E-state index >= 15 is 0 Å². The Morgan fingerprint density at radius 2 is 2.05 bits per heavy atom. The first-order valence-electron chi connectivity index (χ1n) is 5.76. The normalized spacial score (nSPS) is 11.1. The van der Waals surface area contributed by atoms with Crippen molar-refractivity contribution in [2.24, 2.45) is 0 Å². The molecule has 1 heterocycles. The third-order valence-electron chi connectivity index (χ3n) is 2.60.